The SMILES string of the molecule is CCn1c(COc2cc(C)c(Cl)c(C)c2)nnc1SCC(=O)Nc1cccc(C)c1C. The Bertz CT molecular complexity index is 1070. The summed E-state index contributed by atoms with van der Waals surface area (Å²) in [6, 6.07) is 9.70. The number of nitrogens with zero attached hydrogens (tertiary/aromatic N) is 3. The van der Waals surface area contributed by atoms with Gasteiger partial charge in [-0.2, -0.15) is 0 Å². The molecule has 0 fully saturated rings. The molecular weight excluding hydrogens is 432 g/mol. The Morgan fingerprint density at radius 1 is 1.13 bits per heavy atom. The third-order valence-electron chi connectivity index (χ3n) is 5.10. The number of hydrogen-bond acceptors (Lipinski definition) is 5. The standard InChI is InChI=1S/C23H27ClN4O2S/c1-6-28-20(12-30-18-10-15(3)22(24)16(4)11-18)26-27-23(28)31-13-21(29)25-19-9-7-8-14(2)17(19)5/h7-11H,6,12-13H2,1-5H3,(H,25,29). The molecule has 8 heteroatoms. The lowest BCUT2D eigenvalue weighted by molar-refractivity contribution is -0.113. The second-order valence-corrected chi connectivity index (χ2v) is 8.71. The summed E-state index contributed by atoms with van der Waals surface area (Å²) in [6.07, 6.45) is 0. The average molecular weight is 459 g/mol. The van der Waals surface area contributed by atoms with Gasteiger partial charge in [0.15, 0.2) is 11.0 Å². The fraction of sp³-hybridized carbons (Fsp3) is 0.348. The van der Waals surface area contributed by atoms with Gasteiger partial charge >= 0.3 is 0 Å². The Morgan fingerprint density at radius 2 is 1.84 bits per heavy atom. The van der Waals surface area contributed by atoms with Crippen molar-refractivity contribution >= 4 is 35.0 Å². The first-order valence-corrected chi connectivity index (χ1v) is 11.5. The van der Waals surface area contributed by atoms with Crippen LogP contribution in [0.4, 0.5) is 5.69 Å². The van der Waals surface area contributed by atoms with Crippen LogP contribution in [0.3, 0.4) is 0 Å². The zero-order valence-corrected chi connectivity index (χ0v) is 20.0. The molecule has 0 saturated heterocycles. The van der Waals surface area contributed by atoms with Gasteiger partial charge in [-0.1, -0.05) is 35.5 Å². The molecule has 3 aromatic rings. The van der Waals surface area contributed by atoms with Crippen molar-refractivity contribution in [3.63, 3.8) is 0 Å². The van der Waals surface area contributed by atoms with Crippen molar-refractivity contribution in [2.24, 2.45) is 0 Å². The molecule has 0 saturated carbocycles. The van der Waals surface area contributed by atoms with E-state index >= 15 is 0 Å². The Labute approximate surface area is 192 Å². The maximum absolute atomic E-state index is 12.4. The number of amides is 1. The molecule has 1 aromatic heterocycles. The minimum absolute atomic E-state index is 0.0748. The lowest BCUT2D eigenvalue weighted by Crippen LogP contribution is -2.16. The molecule has 0 radical (unpaired) electrons. The van der Waals surface area contributed by atoms with Crippen LogP contribution in [0.15, 0.2) is 35.5 Å². The van der Waals surface area contributed by atoms with Gasteiger partial charge in [-0.05, 0) is 75.1 Å². The van der Waals surface area contributed by atoms with Gasteiger partial charge in [0.05, 0.1) is 5.75 Å². The van der Waals surface area contributed by atoms with E-state index in [4.69, 9.17) is 16.3 Å². The largest absolute Gasteiger partial charge is 0.486 e. The molecule has 3 rings (SSSR count). The summed E-state index contributed by atoms with van der Waals surface area (Å²) in [5.41, 5.74) is 5.00. The van der Waals surface area contributed by atoms with Crippen molar-refractivity contribution in [3.8, 4) is 5.75 Å². The second kappa shape index (κ2) is 10.2. The van der Waals surface area contributed by atoms with Crippen molar-refractivity contribution < 1.29 is 9.53 Å². The van der Waals surface area contributed by atoms with Gasteiger partial charge in [0.2, 0.25) is 5.91 Å². The van der Waals surface area contributed by atoms with E-state index in [1.807, 2.05) is 69.5 Å². The van der Waals surface area contributed by atoms with Crippen LogP contribution in [0.1, 0.15) is 35.0 Å². The van der Waals surface area contributed by atoms with Crippen LogP contribution in [-0.2, 0) is 17.9 Å². The quantitative estimate of drug-likeness (QED) is 0.451. The molecule has 0 aliphatic heterocycles. The molecule has 1 amide bonds. The zero-order chi connectivity index (χ0) is 22.5. The van der Waals surface area contributed by atoms with E-state index < -0.39 is 0 Å². The second-order valence-electron chi connectivity index (χ2n) is 7.39. The summed E-state index contributed by atoms with van der Waals surface area (Å²) in [5, 5.41) is 12.9. The molecule has 0 spiro atoms. The Balaban J connectivity index is 1.62. The number of carbonyl (C=O) groups excluding carboxylic acids is 1. The van der Waals surface area contributed by atoms with Crippen LogP contribution < -0.4 is 10.1 Å². The molecule has 0 aliphatic rings. The normalized spacial score (nSPS) is 10.9. The first-order chi connectivity index (χ1) is 14.8. The van der Waals surface area contributed by atoms with Crippen molar-refractivity contribution in [2.75, 3.05) is 11.1 Å². The molecule has 164 valence electrons. The third kappa shape index (κ3) is 5.60. The monoisotopic (exact) mass is 458 g/mol. The third-order valence-corrected chi connectivity index (χ3v) is 6.66. The molecule has 1 heterocycles. The minimum atomic E-state index is -0.0748. The highest BCUT2D eigenvalue weighted by molar-refractivity contribution is 7.99. The number of benzene rings is 2. The van der Waals surface area contributed by atoms with E-state index in [1.54, 1.807) is 0 Å². The summed E-state index contributed by atoms with van der Waals surface area (Å²) in [6.45, 7) is 10.9. The van der Waals surface area contributed by atoms with Gasteiger partial charge in [0.25, 0.3) is 0 Å². The number of aromatic nitrogens is 3. The van der Waals surface area contributed by atoms with E-state index in [9.17, 15) is 4.79 Å². The molecule has 0 atom stereocenters. The Morgan fingerprint density at radius 3 is 2.52 bits per heavy atom. The number of nitrogens with one attached hydrogen (secondary N) is 1. The molecule has 31 heavy (non-hydrogen) atoms. The van der Waals surface area contributed by atoms with E-state index in [0.717, 1.165) is 38.7 Å². The number of thioether (sulfide) groups is 1. The van der Waals surface area contributed by atoms with Gasteiger partial charge < -0.3 is 14.6 Å². The van der Waals surface area contributed by atoms with E-state index in [2.05, 4.69) is 15.5 Å². The Kier molecular flexibility index (Phi) is 7.62. The van der Waals surface area contributed by atoms with Crippen molar-refractivity contribution in [2.45, 2.75) is 52.9 Å². The van der Waals surface area contributed by atoms with Crippen LogP contribution in [0, 0.1) is 27.7 Å². The number of anilines is 1. The smallest absolute Gasteiger partial charge is 0.234 e. The summed E-state index contributed by atoms with van der Waals surface area (Å²) in [5.74, 6) is 1.63. The van der Waals surface area contributed by atoms with Crippen LogP contribution in [0.25, 0.3) is 0 Å². The van der Waals surface area contributed by atoms with Crippen LogP contribution in [0.5, 0.6) is 5.75 Å². The lowest BCUT2D eigenvalue weighted by atomic mass is 10.1. The number of halogens is 1. The predicted octanol–water partition coefficient (Wildman–Crippen LogP) is 5.49. The highest BCUT2D eigenvalue weighted by atomic mass is 35.5. The van der Waals surface area contributed by atoms with E-state index in [1.165, 1.54) is 11.8 Å². The van der Waals surface area contributed by atoms with Crippen molar-refractivity contribution in [3.05, 3.63) is 63.4 Å². The fourth-order valence-corrected chi connectivity index (χ4v) is 4.12. The van der Waals surface area contributed by atoms with Crippen molar-refractivity contribution in [1.29, 1.82) is 0 Å². The summed E-state index contributed by atoms with van der Waals surface area (Å²) in [7, 11) is 0. The number of hydrogen-bond donors (Lipinski definition) is 1. The Hall–Kier alpha value is -2.51. The highest BCUT2D eigenvalue weighted by Gasteiger charge is 2.15. The summed E-state index contributed by atoms with van der Waals surface area (Å²) >= 11 is 7.59. The van der Waals surface area contributed by atoms with Gasteiger partial charge in [-0.25, -0.2) is 0 Å². The first kappa shape index (κ1) is 23.2. The zero-order valence-electron chi connectivity index (χ0n) is 18.5. The molecular formula is C23H27ClN4O2S. The molecule has 0 unspecified atom stereocenters. The van der Waals surface area contributed by atoms with E-state index in [-0.39, 0.29) is 18.3 Å². The topological polar surface area (TPSA) is 69.0 Å². The van der Waals surface area contributed by atoms with Gasteiger partial charge in [-0.3, -0.25) is 4.79 Å². The maximum atomic E-state index is 12.4. The van der Waals surface area contributed by atoms with Gasteiger partial charge in [-0.15, -0.1) is 10.2 Å². The predicted molar refractivity (Wildman–Crippen MR) is 126 cm³/mol. The van der Waals surface area contributed by atoms with E-state index in [0.29, 0.717) is 17.5 Å². The van der Waals surface area contributed by atoms with Crippen LogP contribution in [-0.4, -0.2) is 26.4 Å². The van der Waals surface area contributed by atoms with Crippen molar-refractivity contribution in [1.82, 2.24) is 14.8 Å². The molecule has 6 nitrogen and oxygen atoms in total. The summed E-state index contributed by atoms with van der Waals surface area (Å²) in [4.78, 5) is 12.4. The average Bonchev–Trinajstić information content (AvgIpc) is 3.14. The van der Waals surface area contributed by atoms with Gasteiger partial charge in [0.1, 0.15) is 12.4 Å². The maximum Gasteiger partial charge on any atom is 0.234 e. The minimum Gasteiger partial charge on any atom is -0.486 e. The molecule has 1 N–H and O–H groups in total. The van der Waals surface area contributed by atoms with Crippen LogP contribution in [0.2, 0.25) is 5.02 Å². The first-order valence-electron chi connectivity index (χ1n) is 10.1. The number of carbonyl (C=O) groups is 1. The van der Waals surface area contributed by atoms with Crippen LogP contribution >= 0.6 is 23.4 Å². The number of rotatable bonds is 8. The lowest BCUT2D eigenvalue weighted by Gasteiger charge is -2.12. The molecule has 0 aliphatic carbocycles. The molecule has 2 aromatic carbocycles. The highest BCUT2D eigenvalue weighted by Crippen LogP contribution is 2.27. The van der Waals surface area contributed by atoms with Gasteiger partial charge in [0, 0.05) is 17.3 Å². The molecule has 0 bridgehead atoms. The fourth-order valence-electron chi connectivity index (χ4n) is 3.19. The number of aryl methyl sites for hydroxylation is 3. The summed E-state index contributed by atoms with van der Waals surface area (Å²) < 4.78 is 7.89. The number of ether oxygens (including phenoxy) is 1.